The van der Waals surface area contributed by atoms with Crippen LogP contribution in [0.5, 0.6) is 5.75 Å². The second-order valence-electron chi connectivity index (χ2n) is 5.83. The Labute approximate surface area is 115 Å². The zero-order valence-electron chi connectivity index (χ0n) is 12.1. The molecule has 0 heterocycles. The van der Waals surface area contributed by atoms with Crippen molar-refractivity contribution in [3.63, 3.8) is 0 Å². The summed E-state index contributed by atoms with van der Waals surface area (Å²) in [5.74, 6) is 0.839. The lowest BCUT2D eigenvalue weighted by molar-refractivity contribution is 0.00542. The highest BCUT2D eigenvalue weighted by atomic mass is 16.5. The summed E-state index contributed by atoms with van der Waals surface area (Å²) in [6.45, 7) is 4.72. The van der Waals surface area contributed by atoms with Crippen molar-refractivity contribution in [2.75, 3.05) is 13.7 Å². The summed E-state index contributed by atoms with van der Waals surface area (Å²) in [7, 11) is 1.72. The molecule has 1 atom stereocenters. The number of ether oxygens (including phenoxy) is 2. The summed E-state index contributed by atoms with van der Waals surface area (Å²) < 4.78 is 11.1. The monoisotopic (exact) mass is 264 g/mol. The molecule has 0 amide bonds. The van der Waals surface area contributed by atoms with Crippen molar-refractivity contribution >= 4 is 0 Å². The number of rotatable bonds is 5. The van der Waals surface area contributed by atoms with Gasteiger partial charge in [0.15, 0.2) is 0 Å². The first-order valence-corrected chi connectivity index (χ1v) is 7.01. The Morgan fingerprint density at radius 1 is 1.37 bits per heavy atom. The predicted octanol–water partition coefficient (Wildman–Crippen LogP) is 3.25. The smallest absolute Gasteiger partial charge is 0.119 e. The second kappa shape index (κ2) is 5.93. The molecule has 3 nitrogen and oxygen atoms in total. The SMILES string of the molecule is COC(C)(C)CCOc1ccc2c(c1)[C@@H](O)CCC2. The quantitative estimate of drug-likeness (QED) is 0.887. The fourth-order valence-electron chi connectivity index (χ4n) is 2.36. The Kier molecular flexibility index (Phi) is 4.48. The zero-order chi connectivity index (χ0) is 13.9. The molecular weight excluding hydrogens is 240 g/mol. The fraction of sp³-hybridized carbons (Fsp3) is 0.625. The van der Waals surface area contributed by atoms with E-state index in [-0.39, 0.29) is 11.7 Å². The molecule has 0 saturated heterocycles. The summed E-state index contributed by atoms with van der Waals surface area (Å²) in [5, 5.41) is 10.0. The maximum Gasteiger partial charge on any atom is 0.119 e. The number of benzene rings is 1. The highest BCUT2D eigenvalue weighted by Gasteiger charge is 2.19. The van der Waals surface area contributed by atoms with Gasteiger partial charge in [0, 0.05) is 13.5 Å². The minimum absolute atomic E-state index is 0.159. The Morgan fingerprint density at radius 2 is 2.16 bits per heavy atom. The molecule has 3 heteroatoms. The van der Waals surface area contributed by atoms with Gasteiger partial charge < -0.3 is 14.6 Å². The summed E-state index contributed by atoms with van der Waals surface area (Å²) in [6.07, 6.45) is 3.48. The van der Waals surface area contributed by atoms with Crippen LogP contribution in [0.3, 0.4) is 0 Å². The van der Waals surface area contributed by atoms with E-state index >= 15 is 0 Å². The molecule has 19 heavy (non-hydrogen) atoms. The molecule has 1 aromatic carbocycles. The van der Waals surface area contributed by atoms with Gasteiger partial charge in [0.25, 0.3) is 0 Å². The molecule has 0 unspecified atom stereocenters. The van der Waals surface area contributed by atoms with E-state index in [2.05, 4.69) is 6.07 Å². The van der Waals surface area contributed by atoms with Crippen LogP contribution in [0.1, 0.15) is 50.3 Å². The standard InChI is InChI=1S/C16H24O3/c1-16(2,18-3)9-10-19-13-8-7-12-5-4-6-15(17)14(12)11-13/h7-8,11,15,17H,4-6,9-10H2,1-3H3/t15-/m0/s1. The molecule has 1 N–H and O–H groups in total. The lowest BCUT2D eigenvalue weighted by Gasteiger charge is -2.24. The van der Waals surface area contributed by atoms with Gasteiger partial charge in [-0.25, -0.2) is 0 Å². The van der Waals surface area contributed by atoms with Crippen molar-refractivity contribution in [1.29, 1.82) is 0 Å². The van der Waals surface area contributed by atoms with E-state index < -0.39 is 0 Å². The van der Waals surface area contributed by atoms with Crippen molar-refractivity contribution in [2.24, 2.45) is 0 Å². The predicted molar refractivity (Wildman–Crippen MR) is 75.5 cm³/mol. The molecule has 0 spiro atoms. The van der Waals surface area contributed by atoms with Crippen LogP contribution >= 0.6 is 0 Å². The highest BCUT2D eigenvalue weighted by molar-refractivity contribution is 5.38. The topological polar surface area (TPSA) is 38.7 Å². The number of fused-ring (bicyclic) bond motifs is 1. The van der Waals surface area contributed by atoms with E-state index in [4.69, 9.17) is 9.47 Å². The highest BCUT2D eigenvalue weighted by Crippen LogP contribution is 2.32. The third-order valence-corrected chi connectivity index (χ3v) is 3.93. The first kappa shape index (κ1) is 14.4. The van der Waals surface area contributed by atoms with Crippen LogP contribution in [0.4, 0.5) is 0 Å². The minimum atomic E-state index is -0.331. The Morgan fingerprint density at radius 3 is 2.89 bits per heavy atom. The Balaban J connectivity index is 1.97. The number of hydrogen-bond acceptors (Lipinski definition) is 3. The van der Waals surface area contributed by atoms with Crippen molar-refractivity contribution in [2.45, 2.75) is 51.2 Å². The number of aliphatic hydroxyl groups excluding tert-OH is 1. The van der Waals surface area contributed by atoms with Crippen molar-refractivity contribution in [3.8, 4) is 5.75 Å². The molecule has 1 aromatic rings. The van der Waals surface area contributed by atoms with E-state index in [9.17, 15) is 5.11 Å². The zero-order valence-corrected chi connectivity index (χ0v) is 12.1. The van der Waals surface area contributed by atoms with E-state index in [0.29, 0.717) is 6.61 Å². The van der Waals surface area contributed by atoms with Crippen LogP contribution in [0, 0.1) is 0 Å². The third-order valence-electron chi connectivity index (χ3n) is 3.93. The van der Waals surface area contributed by atoms with Gasteiger partial charge >= 0.3 is 0 Å². The van der Waals surface area contributed by atoms with Crippen LogP contribution < -0.4 is 4.74 Å². The van der Waals surface area contributed by atoms with E-state index in [1.807, 2.05) is 26.0 Å². The molecule has 1 aliphatic carbocycles. The fourth-order valence-corrected chi connectivity index (χ4v) is 2.36. The van der Waals surface area contributed by atoms with Crippen LogP contribution in [0.2, 0.25) is 0 Å². The van der Waals surface area contributed by atoms with Gasteiger partial charge in [-0.05, 0) is 56.4 Å². The minimum Gasteiger partial charge on any atom is -0.493 e. The largest absolute Gasteiger partial charge is 0.493 e. The molecule has 0 aromatic heterocycles. The van der Waals surface area contributed by atoms with E-state index in [1.165, 1.54) is 5.56 Å². The molecular formula is C16H24O3. The Hall–Kier alpha value is -1.06. The van der Waals surface area contributed by atoms with Crippen molar-refractivity contribution in [1.82, 2.24) is 0 Å². The normalized spacial score (nSPS) is 19.1. The summed E-state index contributed by atoms with van der Waals surface area (Å²) in [4.78, 5) is 0. The number of aliphatic hydroxyl groups is 1. The van der Waals surface area contributed by atoms with Gasteiger partial charge in [-0.1, -0.05) is 6.07 Å². The number of aryl methyl sites for hydroxylation is 1. The second-order valence-corrected chi connectivity index (χ2v) is 5.83. The summed E-state index contributed by atoms with van der Waals surface area (Å²) in [5.41, 5.74) is 2.13. The van der Waals surface area contributed by atoms with Gasteiger partial charge in [0.1, 0.15) is 5.75 Å². The molecule has 0 saturated carbocycles. The van der Waals surface area contributed by atoms with Crippen molar-refractivity contribution in [3.05, 3.63) is 29.3 Å². The van der Waals surface area contributed by atoms with Crippen LogP contribution in [-0.4, -0.2) is 24.4 Å². The van der Waals surface area contributed by atoms with Crippen LogP contribution in [0.15, 0.2) is 18.2 Å². The van der Waals surface area contributed by atoms with Crippen LogP contribution in [0.25, 0.3) is 0 Å². The van der Waals surface area contributed by atoms with Gasteiger partial charge in [-0.15, -0.1) is 0 Å². The van der Waals surface area contributed by atoms with Crippen LogP contribution in [-0.2, 0) is 11.2 Å². The molecule has 106 valence electrons. The van der Waals surface area contributed by atoms with Crippen molar-refractivity contribution < 1.29 is 14.6 Å². The number of hydrogen-bond donors (Lipinski definition) is 1. The van der Waals surface area contributed by atoms with Gasteiger partial charge in [0.2, 0.25) is 0 Å². The lowest BCUT2D eigenvalue weighted by atomic mass is 9.89. The van der Waals surface area contributed by atoms with Gasteiger partial charge in [-0.2, -0.15) is 0 Å². The van der Waals surface area contributed by atoms with E-state index in [1.54, 1.807) is 7.11 Å². The first-order valence-electron chi connectivity index (χ1n) is 7.01. The molecule has 1 aliphatic rings. The lowest BCUT2D eigenvalue weighted by Crippen LogP contribution is -2.25. The molecule has 0 bridgehead atoms. The molecule has 2 rings (SSSR count). The summed E-state index contributed by atoms with van der Waals surface area (Å²) >= 11 is 0. The number of methoxy groups -OCH3 is 1. The first-order chi connectivity index (χ1) is 9.02. The molecule has 0 aliphatic heterocycles. The molecule has 0 fully saturated rings. The summed E-state index contributed by atoms with van der Waals surface area (Å²) in [6, 6.07) is 6.06. The third kappa shape index (κ3) is 3.71. The van der Waals surface area contributed by atoms with E-state index in [0.717, 1.165) is 37.0 Å². The van der Waals surface area contributed by atoms with Gasteiger partial charge in [0.05, 0.1) is 18.3 Å². The molecule has 0 radical (unpaired) electrons. The average Bonchev–Trinajstić information content (AvgIpc) is 2.39. The maximum atomic E-state index is 10.0. The Bertz CT molecular complexity index is 426. The maximum absolute atomic E-state index is 10.0. The van der Waals surface area contributed by atoms with Gasteiger partial charge in [-0.3, -0.25) is 0 Å². The average molecular weight is 264 g/mol.